The fourth-order valence-electron chi connectivity index (χ4n) is 0.672. The Labute approximate surface area is 75.2 Å². The second-order valence-corrected chi connectivity index (χ2v) is 2.28. The molecule has 1 rings (SSSR count). The van der Waals surface area contributed by atoms with Crippen LogP contribution in [-0.2, 0) is 4.84 Å². The molecule has 0 bridgehead atoms. The van der Waals surface area contributed by atoms with Crippen LogP contribution in [0.2, 0.25) is 0 Å². The Morgan fingerprint density at radius 2 is 2.54 bits per heavy atom. The van der Waals surface area contributed by atoms with E-state index in [2.05, 4.69) is 20.6 Å². The van der Waals surface area contributed by atoms with E-state index in [9.17, 15) is 4.79 Å². The Kier molecular flexibility index (Phi) is 3.27. The molecule has 2 amide bonds. The van der Waals surface area contributed by atoms with Gasteiger partial charge in [0.1, 0.15) is 6.26 Å². The summed E-state index contributed by atoms with van der Waals surface area (Å²) in [5.74, 6) is 0. The van der Waals surface area contributed by atoms with Crippen molar-refractivity contribution in [1.82, 2.24) is 10.5 Å². The number of amides is 2. The van der Waals surface area contributed by atoms with Crippen LogP contribution >= 0.6 is 0 Å². The highest BCUT2D eigenvalue weighted by Crippen LogP contribution is 2.04. The van der Waals surface area contributed by atoms with Gasteiger partial charge < -0.3 is 4.42 Å². The lowest BCUT2D eigenvalue weighted by molar-refractivity contribution is 0.0756. The minimum atomic E-state index is -0.510. The third-order valence-electron chi connectivity index (χ3n) is 1.15. The van der Waals surface area contributed by atoms with Gasteiger partial charge in [0.05, 0.1) is 12.3 Å². The lowest BCUT2D eigenvalue weighted by Gasteiger charge is -2.01. The number of carbonyl (C=O) groups is 1. The molecular weight excluding hydrogens is 174 g/mol. The first-order chi connectivity index (χ1) is 6.22. The Morgan fingerprint density at radius 3 is 3.08 bits per heavy atom. The molecule has 0 radical (unpaired) electrons. The molecule has 0 aromatic carbocycles. The van der Waals surface area contributed by atoms with Crippen LogP contribution < -0.4 is 10.8 Å². The molecule has 0 atom stereocenters. The highest BCUT2D eigenvalue weighted by atomic mass is 16.7. The van der Waals surface area contributed by atoms with E-state index in [1.165, 1.54) is 6.26 Å². The summed E-state index contributed by atoms with van der Waals surface area (Å²) in [7, 11) is 0. The number of nitrogens with one attached hydrogen (secondary N) is 2. The van der Waals surface area contributed by atoms with Crippen molar-refractivity contribution in [2.24, 2.45) is 0 Å². The number of urea groups is 1. The number of hydroxylamine groups is 1. The number of rotatable bonds is 3. The van der Waals surface area contributed by atoms with Gasteiger partial charge >= 0.3 is 12.0 Å². The van der Waals surface area contributed by atoms with Gasteiger partial charge in [-0.2, -0.15) is 4.98 Å². The number of carbonyl (C=O) groups excluding carboxylic acids is 1. The van der Waals surface area contributed by atoms with Crippen molar-refractivity contribution in [2.45, 2.75) is 13.8 Å². The average Bonchev–Trinajstić information content (AvgIpc) is 2.48. The van der Waals surface area contributed by atoms with Crippen LogP contribution in [0.1, 0.15) is 12.6 Å². The monoisotopic (exact) mass is 185 g/mol. The van der Waals surface area contributed by atoms with Crippen LogP contribution in [0.5, 0.6) is 0 Å². The van der Waals surface area contributed by atoms with Gasteiger partial charge in [-0.1, -0.05) is 0 Å². The number of nitrogens with zero attached hydrogens (tertiary/aromatic N) is 1. The molecule has 0 fully saturated rings. The molecule has 0 saturated carbocycles. The maximum Gasteiger partial charge on any atom is 0.346 e. The number of aryl methyl sites for hydroxylation is 1. The van der Waals surface area contributed by atoms with Crippen molar-refractivity contribution in [3.63, 3.8) is 0 Å². The number of anilines is 1. The summed E-state index contributed by atoms with van der Waals surface area (Å²) in [6.07, 6.45) is 1.44. The molecule has 13 heavy (non-hydrogen) atoms. The maximum atomic E-state index is 10.9. The van der Waals surface area contributed by atoms with Gasteiger partial charge in [-0.05, 0) is 13.8 Å². The van der Waals surface area contributed by atoms with Crippen molar-refractivity contribution in [2.75, 3.05) is 11.9 Å². The third kappa shape index (κ3) is 3.12. The molecule has 0 aliphatic carbocycles. The second kappa shape index (κ2) is 4.46. The van der Waals surface area contributed by atoms with Gasteiger partial charge in [-0.15, -0.1) is 0 Å². The first-order valence-corrected chi connectivity index (χ1v) is 3.83. The molecule has 6 heteroatoms. The highest BCUT2D eigenvalue weighted by Gasteiger charge is 2.04. The molecule has 2 N–H and O–H groups in total. The molecule has 0 aliphatic rings. The zero-order valence-corrected chi connectivity index (χ0v) is 7.46. The SMILES string of the molecule is CCONC(=O)Nc1nc(C)co1. The molecule has 0 unspecified atom stereocenters. The molecule has 1 aromatic rings. The predicted molar refractivity (Wildman–Crippen MR) is 45.0 cm³/mol. The summed E-state index contributed by atoms with van der Waals surface area (Å²) in [4.78, 5) is 19.4. The Balaban J connectivity index is 2.36. The van der Waals surface area contributed by atoms with Gasteiger partial charge in [0.15, 0.2) is 0 Å². The molecule has 6 nitrogen and oxygen atoms in total. The van der Waals surface area contributed by atoms with E-state index in [-0.39, 0.29) is 6.01 Å². The molecule has 1 heterocycles. The molecule has 72 valence electrons. The van der Waals surface area contributed by atoms with Gasteiger partial charge in [-0.25, -0.2) is 10.3 Å². The molecule has 0 spiro atoms. The van der Waals surface area contributed by atoms with Crippen LogP contribution in [0.4, 0.5) is 10.8 Å². The zero-order valence-electron chi connectivity index (χ0n) is 7.46. The van der Waals surface area contributed by atoms with Gasteiger partial charge in [0, 0.05) is 0 Å². The smallest absolute Gasteiger partial charge is 0.346 e. The van der Waals surface area contributed by atoms with Gasteiger partial charge in [0.2, 0.25) is 0 Å². The summed E-state index contributed by atoms with van der Waals surface area (Å²) in [5.41, 5.74) is 2.84. The minimum Gasteiger partial charge on any atom is -0.432 e. The largest absolute Gasteiger partial charge is 0.432 e. The second-order valence-electron chi connectivity index (χ2n) is 2.28. The lowest BCUT2D eigenvalue weighted by Crippen LogP contribution is -2.28. The van der Waals surface area contributed by atoms with E-state index in [1.54, 1.807) is 13.8 Å². The van der Waals surface area contributed by atoms with Gasteiger partial charge in [0.25, 0.3) is 0 Å². The maximum absolute atomic E-state index is 10.9. The van der Waals surface area contributed by atoms with E-state index >= 15 is 0 Å². The van der Waals surface area contributed by atoms with Crippen LogP contribution in [0.25, 0.3) is 0 Å². The average molecular weight is 185 g/mol. The Hall–Kier alpha value is -1.56. The van der Waals surface area contributed by atoms with E-state index < -0.39 is 6.03 Å². The summed E-state index contributed by atoms with van der Waals surface area (Å²) in [6, 6.07) is -0.363. The van der Waals surface area contributed by atoms with E-state index in [4.69, 9.17) is 4.42 Å². The number of hydrogen-bond acceptors (Lipinski definition) is 4. The van der Waals surface area contributed by atoms with Crippen LogP contribution in [0, 0.1) is 6.92 Å². The Morgan fingerprint density at radius 1 is 1.77 bits per heavy atom. The van der Waals surface area contributed by atoms with E-state index in [0.29, 0.717) is 12.3 Å². The number of oxazole rings is 1. The molecular formula is C7H11N3O3. The van der Waals surface area contributed by atoms with E-state index in [1.807, 2.05) is 0 Å². The molecule has 0 saturated heterocycles. The summed E-state index contributed by atoms with van der Waals surface area (Å²) >= 11 is 0. The van der Waals surface area contributed by atoms with Crippen molar-refractivity contribution >= 4 is 12.0 Å². The first kappa shape index (κ1) is 9.53. The predicted octanol–water partition coefficient (Wildman–Crippen LogP) is 1.06. The quantitative estimate of drug-likeness (QED) is 0.690. The minimum absolute atomic E-state index is 0.148. The van der Waals surface area contributed by atoms with Crippen molar-refractivity contribution in [3.05, 3.63) is 12.0 Å². The normalized spacial score (nSPS) is 9.69. The van der Waals surface area contributed by atoms with Crippen molar-refractivity contribution < 1.29 is 14.0 Å². The van der Waals surface area contributed by atoms with Gasteiger partial charge in [-0.3, -0.25) is 10.2 Å². The lowest BCUT2D eigenvalue weighted by atomic mass is 10.6. The molecule has 0 aliphatic heterocycles. The summed E-state index contributed by atoms with van der Waals surface area (Å²) in [5, 5.41) is 2.34. The van der Waals surface area contributed by atoms with Crippen LogP contribution in [0.15, 0.2) is 10.7 Å². The molecule has 1 aromatic heterocycles. The fraction of sp³-hybridized carbons (Fsp3) is 0.429. The summed E-state index contributed by atoms with van der Waals surface area (Å²) in [6.45, 7) is 3.92. The highest BCUT2D eigenvalue weighted by molar-refractivity contribution is 5.86. The fourth-order valence-corrected chi connectivity index (χ4v) is 0.672. The number of hydrogen-bond donors (Lipinski definition) is 2. The van der Waals surface area contributed by atoms with E-state index in [0.717, 1.165) is 0 Å². The van der Waals surface area contributed by atoms with Crippen molar-refractivity contribution in [1.29, 1.82) is 0 Å². The zero-order chi connectivity index (χ0) is 9.68. The third-order valence-corrected chi connectivity index (χ3v) is 1.15. The number of aromatic nitrogens is 1. The topological polar surface area (TPSA) is 76.4 Å². The standard InChI is InChI=1S/C7H11N3O3/c1-3-13-10-6(11)9-7-8-5(2)4-12-7/h4H,3H2,1-2H3,(H2,8,9,10,11). The van der Waals surface area contributed by atoms with Crippen LogP contribution in [-0.4, -0.2) is 17.6 Å². The van der Waals surface area contributed by atoms with Crippen LogP contribution in [0.3, 0.4) is 0 Å². The van der Waals surface area contributed by atoms with Crippen molar-refractivity contribution in [3.8, 4) is 0 Å². The Bertz CT molecular complexity index is 284. The first-order valence-electron chi connectivity index (χ1n) is 3.83. The summed E-state index contributed by atoms with van der Waals surface area (Å²) < 4.78 is 4.88.